The molecular formula is C16H20N4O. The molecule has 1 amide bonds. The largest absolute Gasteiger partial charge is 0.385 e. The molecule has 0 fully saturated rings. The number of carbonyl (C=O) groups excluding carboxylic acids is 1. The van der Waals surface area contributed by atoms with E-state index in [0.29, 0.717) is 6.54 Å². The van der Waals surface area contributed by atoms with Crippen LogP contribution in [0.1, 0.15) is 27.9 Å². The van der Waals surface area contributed by atoms with Crippen molar-refractivity contribution in [3.63, 3.8) is 0 Å². The van der Waals surface area contributed by atoms with Crippen LogP contribution in [0.15, 0.2) is 30.6 Å². The summed E-state index contributed by atoms with van der Waals surface area (Å²) < 4.78 is 1.77. The highest BCUT2D eigenvalue weighted by atomic mass is 16.1. The van der Waals surface area contributed by atoms with Crippen molar-refractivity contribution in [3.8, 4) is 0 Å². The first-order valence-corrected chi connectivity index (χ1v) is 7.35. The lowest BCUT2D eigenvalue weighted by Gasteiger charge is -2.20. The van der Waals surface area contributed by atoms with Crippen molar-refractivity contribution < 1.29 is 4.79 Å². The number of rotatable bonds is 4. The van der Waals surface area contributed by atoms with E-state index in [4.69, 9.17) is 0 Å². The zero-order valence-corrected chi connectivity index (χ0v) is 12.2. The second-order valence-corrected chi connectivity index (χ2v) is 5.39. The highest BCUT2D eigenvalue weighted by molar-refractivity contribution is 5.97. The molecule has 0 saturated heterocycles. The zero-order chi connectivity index (χ0) is 14.7. The first-order chi connectivity index (χ1) is 10.2. The molecule has 0 atom stereocenters. The van der Waals surface area contributed by atoms with Crippen LogP contribution in [0.4, 0.5) is 5.69 Å². The molecular weight excluding hydrogens is 264 g/mol. The van der Waals surface area contributed by atoms with E-state index in [1.54, 1.807) is 4.68 Å². The Morgan fingerprint density at radius 3 is 3.19 bits per heavy atom. The molecule has 1 aromatic heterocycles. The number of aromatic nitrogens is 2. The van der Waals surface area contributed by atoms with Gasteiger partial charge in [-0.1, -0.05) is 6.07 Å². The summed E-state index contributed by atoms with van der Waals surface area (Å²) in [5.74, 6) is 0.0134. The topological polar surface area (TPSA) is 59.0 Å². The number of nitrogens with zero attached hydrogens (tertiary/aromatic N) is 2. The Hall–Kier alpha value is -2.30. The van der Waals surface area contributed by atoms with E-state index in [2.05, 4.69) is 15.7 Å². The number of carbonyl (C=O) groups is 1. The fourth-order valence-electron chi connectivity index (χ4n) is 2.74. The van der Waals surface area contributed by atoms with Gasteiger partial charge in [0.2, 0.25) is 0 Å². The third-order valence-corrected chi connectivity index (χ3v) is 3.80. The quantitative estimate of drug-likeness (QED) is 0.899. The lowest BCUT2D eigenvalue weighted by molar-refractivity contribution is 0.0953. The van der Waals surface area contributed by atoms with Crippen LogP contribution in [-0.2, 0) is 19.9 Å². The van der Waals surface area contributed by atoms with Gasteiger partial charge in [-0.2, -0.15) is 5.10 Å². The molecule has 2 heterocycles. The Morgan fingerprint density at radius 1 is 1.48 bits per heavy atom. The summed E-state index contributed by atoms with van der Waals surface area (Å²) in [7, 11) is 1.89. The second-order valence-electron chi connectivity index (χ2n) is 5.39. The number of hydrogen-bond acceptors (Lipinski definition) is 3. The predicted molar refractivity (Wildman–Crippen MR) is 82.5 cm³/mol. The number of aryl methyl sites for hydroxylation is 1. The number of hydrogen-bond donors (Lipinski definition) is 2. The molecule has 5 heteroatoms. The van der Waals surface area contributed by atoms with Crippen LogP contribution in [0.5, 0.6) is 0 Å². The van der Waals surface area contributed by atoms with Gasteiger partial charge in [0.25, 0.3) is 5.91 Å². The summed E-state index contributed by atoms with van der Waals surface area (Å²) in [5.41, 5.74) is 4.17. The molecule has 3 rings (SSSR count). The molecule has 0 spiro atoms. The van der Waals surface area contributed by atoms with Crippen molar-refractivity contribution in [1.82, 2.24) is 15.1 Å². The molecule has 1 aliphatic heterocycles. The molecule has 0 aliphatic carbocycles. The normalized spacial score (nSPS) is 13.4. The average molecular weight is 284 g/mol. The van der Waals surface area contributed by atoms with Gasteiger partial charge in [0, 0.05) is 37.6 Å². The number of nitrogens with one attached hydrogen (secondary N) is 2. The Balaban J connectivity index is 1.63. The van der Waals surface area contributed by atoms with Crippen molar-refractivity contribution >= 4 is 11.6 Å². The minimum absolute atomic E-state index is 0.0134. The highest BCUT2D eigenvalue weighted by Gasteiger charge is 2.16. The maximum Gasteiger partial charge on any atom is 0.251 e. The van der Waals surface area contributed by atoms with Crippen LogP contribution >= 0.6 is 0 Å². The molecule has 0 unspecified atom stereocenters. The van der Waals surface area contributed by atoms with E-state index in [-0.39, 0.29) is 5.91 Å². The Bertz CT molecular complexity index is 647. The second kappa shape index (κ2) is 5.99. The molecule has 2 N–H and O–H groups in total. The molecule has 1 aromatic carbocycles. The van der Waals surface area contributed by atoms with Crippen LogP contribution in [0.2, 0.25) is 0 Å². The standard InChI is InChI=1S/C16H20N4O/c1-20-11-12(10-19-20)7-9-18-16(21)14-4-2-6-15-13(14)5-3-8-17-15/h2,4,6,10-11,17H,3,5,7-9H2,1H3,(H,18,21). The Morgan fingerprint density at radius 2 is 2.38 bits per heavy atom. The van der Waals surface area contributed by atoms with Crippen molar-refractivity contribution in [3.05, 3.63) is 47.3 Å². The molecule has 2 aromatic rings. The minimum atomic E-state index is 0.0134. The Kier molecular flexibility index (Phi) is 3.90. The summed E-state index contributed by atoms with van der Waals surface area (Å²) in [5, 5.41) is 10.5. The molecule has 0 radical (unpaired) electrons. The van der Waals surface area contributed by atoms with Gasteiger partial charge in [-0.3, -0.25) is 9.48 Å². The summed E-state index contributed by atoms with van der Waals surface area (Å²) in [6.07, 6.45) is 6.65. The minimum Gasteiger partial charge on any atom is -0.385 e. The van der Waals surface area contributed by atoms with E-state index >= 15 is 0 Å². The third-order valence-electron chi connectivity index (χ3n) is 3.80. The van der Waals surface area contributed by atoms with E-state index in [9.17, 15) is 4.79 Å². The van der Waals surface area contributed by atoms with Gasteiger partial charge in [-0.05, 0) is 42.5 Å². The number of benzene rings is 1. The lowest BCUT2D eigenvalue weighted by atomic mass is 9.97. The van der Waals surface area contributed by atoms with Crippen molar-refractivity contribution in [1.29, 1.82) is 0 Å². The van der Waals surface area contributed by atoms with Crippen molar-refractivity contribution in [2.24, 2.45) is 7.05 Å². The van der Waals surface area contributed by atoms with Crippen LogP contribution in [-0.4, -0.2) is 28.8 Å². The lowest BCUT2D eigenvalue weighted by Crippen LogP contribution is -2.27. The third kappa shape index (κ3) is 3.07. The van der Waals surface area contributed by atoms with Crippen LogP contribution in [0.3, 0.4) is 0 Å². The fraction of sp³-hybridized carbons (Fsp3) is 0.375. The van der Waals surface area contributed by atoms with Crippen LogP contribution in [0.25, 0.3) is 0 Å². The van der Waals surface area contributed by atoms with Gasteiger partial charge in [0.05, 0.1) is 6.20 Å². The maximum atomic E-state index is 12.4. The monoisotopic (exact) mass is 284 g/mol. The fourth-order valence-corrected chi connectivity index (χ4v) is 2.74. The molecule has 0 saturated carbocycles. The van der Waals surface area contributed by atoms with E-state index in [1.165, 1.54) is 0 Å². The first kappa shape index (κ1) is 13.7. The van der Waals surface area contributed by atoms with Gasteiger partial charge in [-0.25, -0.2) is 0 Å². The van der Waals surface area contributed by atoms with Crippen LogP contribution in [0, 0.1) is 0 Å². The smallest absolute Gasteiger partial charge is 0.251 e. The van der Waals surface area contributed by atoms with Gasteiger partial charge >= 0.3 is 0 Å². The van der Waals surface area contributed by atoms with Crippen molar-refractivity contribution in [2.75, 3.05) is 18.4 Å². The number of amides is 1. The van der Waals surface area contributed by atoms with Crippen LogP contribution < -0.4 is 10.6 Å². The summed E-state index contributed by atoms with van der Waals surface area (Å²) in [6, 6.07) is 5.89. The molecule has 21 heavy (non-hydrogen) atoms. The van der Waals surface area contributed by atoms with E-state index in [1.807, 2.05) is 37.6 Å². The van der Waals surface area contributed by atoms with E-state index in [0.717, 1.165) is 48.2 Å². The predicted octanol–water partition coefficient (Wildman–Crippen LogP) is 1.75. The number of anilines is 1. The summed E-state index contributed by atoms with van der Waals surface area (Å²) >= 11 is 0. The van der Waals surface area contributed by atoms with Gasteiger partial charge in [0.15, 0.2) is 0 Å². The maximum absolute atomic E-state index is 12.4. The zero-order valence-electron chi connectivity index (χ0n) is 12.2. The highest BCUT2D eigenvalue weighted by Crippen LogP contribution is 2.25. The molecule has 1 aliphatic rings. The first-order valence-electron chi connectivity index (χ1n) is 7.35. The average Bonchev–Trinajstić information content (AvgIpc) is 2.92. The van der Waals surface area contributed by atoms with Gasteiger partial charge in [-0.15, -0.1) is 0 Å². The SMILES string of the molecule is Cn1cc(CCNC(=O)c2cccc3c2CCCN3)cn1. The summed E-state index contributed by atoms with van der Waals surface area (Å²) in [6.45, 7) is 1.61. The number of fused-ring (bicyclic) bond motifs is 1. The van der Waals surface area contributed by atoms with Gasteiger partial charge in [0.1, 0.15) is 0 Å². The van der Waals surface area contributed by atoms with E-state index < -0.39 is 0 Å². The molecule has 0 bridgehead atoms. The van der Waals surface area contributed by atoms with Gasteiger partial charge < -0.3 is 10.6 Å². The Labute approximate surface area is 124 Å². The molecule has 5 nitrogen and oxygen atoms in total. The summed E-state index contributed by atoms with van der Waals surface area (Å²) in [4.78, 5) is 12.4. The molecule has 110 valence electrons. The van der Waals surface area contributed by atoms with Crippen molar-refractivity contribution in [2.45, 2.75) is 19.3 Å².